The van der Waals surface area contributed by atoms with E-state index in [-0.39, 0.29) is 24.1 Å². The molecule has 1 unspecified atom stereocenters. The molecule has 0 radical (unpaired) electrons. The molecule has 2 heterocycles. The van der Waals surface area contributed by atoms with Crippen molar-refractivity contribution in [3.05, 3.63) is 51.9 Å². The fourth-order valence-electron chi connectivity index (χ4n) is 2.53. The number of carbonyl (C=O) groups excluding carboxylic acids is 1. The molecule has 1 aliphatic rings. The van der Waals surface area contributed by atoms with Crippen LogP contribution in [0.5, 0.6) is 5.75 Å². The predicted octanol–water partition coefficient (Wildman–Crippen LogP) is 1.74. The minimum Gasteiger partial charge on any atom is -0.497 e. The Balaban J connectivity index is 2.13. The van der Waals surface area contributed by atoms with E-state index in [9.17, 15) is 14.9 Å². The highest BCUT2D eigenvalue weighted by atomic mass is 16.5. The van der Waals surface area contributed by atoms with Crippen LogP contribution >= 0.6 is 0 Å². The van der Waals surface area contributed by atoms with Gasteiger partial charge in [-0.05, 0) is 23.8 Å². The Kier molecular flexibility index (Phi) is 3.96. The first kappa shape index (κ1) is 15.0. The SMILES string of the molecule is COc1ccc2c(CC3C=CC(=O)CO3)c(C#N)c(=O)oc2c1. The lowest BCUT2D eigenvalue weighted by atomic mass is 9.98. The highest BCUT2D eigenvalue weighted by Gasteiger charge is 2.20. The van der Waals surface area contributed by atoms with Crippen molar-refractivity contribution in [2.45, 2.75) is 12.5 Å². The van der Waals surface area contributed by atoms with Crippen LogP contribution in [0.3, 0.4) is 0 Å². The molecule has 0 amide bonds. The topological polar surface area (TPSA) is 89.5 Å². The zero-order valence-corrected chi connectivity index (χ0v) is 12.4. The highest BCUT2D eigenvalue weighted by Crippen LogP contribution is 2.26. The van der Waals surface area contributed by atoms with Crippen LogP contribution in [0.15, 0.2) is 39.6 Å². The van der Waals surface area contributed by atoms with E-state index in [2.05, 4.69) is 0 Å². The number of hydrogen-bond donors (Lipinski definition) is 0. The molecule has 0 bridgehead atoms. The summed E-state index contributed by atoms with van der Waals surface area (Å²) in [4.78, 5) is 23.2. The van der Waals surface area contributed by atoms with Gasteiger partial charge in [-0.1, -0.05) is 6.08 Å². The first-order valence-electron chi connectivity index (χ1n) is 6.99. The van der Waals surface area contributed by atoms with Crippen LogP contribution in [0.1, 0.15) is 11.1 Å². The molecule has 0 saturated heterocycles. The highest BCUT2D eigenvalue weighted by molar-refractivity contribution is 5.91. The number of methoxy groups -OCH3 is 1. The zero-order valence-electron chi connectivity index (χ0n) is 12.4. The standard InChI is InChI=1S/C17H13NO5/c1-21-11-4-5-13-14(6-12-3-2-10(19)9-22-12)15(8-18)17(20)23-16(13)7-11/h2-5,7,12H,6,9H2,1H3. The first-order valence-corrected chi connectivity index (χ1v) is 6.99. The quantitative estimate of drug-likeness (QED) is 0.802. The minimum absolute atomic E-state index is 0.00372. The number of ether oxygens (including phenoxy) is 2. The maximum absolute atomic E-state index is 12.0. The van der Waals surface area contributed by atoms with Crippen LogP contribution in [-0.2, 0) is 16.0 Å². The number of nitrogens with zero attached hydrogens (tertiary/aromatic N) is 1. The molecular formula is C17H13NO5. The van der Waals surface area contributed by atoms with E-state index in [0.29, 0.717) is 28.7 Å². The van der Waals surface area contributed by atoms with E-state index in [1.54, 1.807) is 24.3 Å². The zero-order chi connectivity index (χ0) is 16.4. The average Bonchev–Trinajstić information content (AvgIpc) is 2.56. The Morgan fingerprint density at radius 3 is 2.87 bits per heavy atom. The van der Waals surface area contributed by atoms with Crippen molar-refractivity contribution < 1.29 is 18.7 Å². The van der Waals surface area contributed by atoms with Gasteiger partial charge in [-0.3, -0.25) is 4.79 Å². The molecule has 23 heavy (non-hydrogen) atoms. The van der Waals surface area contributed by atoms with Gasteiger partial charge in [0.1, 0.15) is 29.6 Å². The van der Waals surface area contributed by atoms with Crippen LogP contribution < -0.4 is 10.4 Å². The summed E-state index contributed by atoms with van der Waals surface area (Å²) in [6.07, 6.45) is 3.03. The van der Waals surface area contributed by atoms with Crippen LogP contribution in [0, 0.1) is 11.3 Å². The van der Waals surface area contributed by atoms with Crippen molar-refractivity contribution in [3.63, 3.8) is 0 Å². The first-order chi connectivity index (χ1) is 11.1. The van der Waals surface area contributed by atoms with Crippen molar-refractivity contribution in [1.82, 2.24) is 0 Å². The van der Waals surface area contributed by atoms with Crippen molar-refractivity contribution >= 4 is 16.8 Å². The number of fused-ring (bicyclic) bond motifs is 1. The number of nitriles is 1. The molecule has 6 heteroatoms. The van der Waals surface area contributed by atoms with Gasteiger partial charge in [0.2, 0.25) is 0 Å². The Bertz CT molecular complexity index is 904. The largest absolute Gasteiger partial charge is 0.497 e. The molecular weight excluding hydrogens is 298 g/mol. The average molecular weight is 311 g/mol. The monoisotopic (exact) mass is 311 g/mol. The van der Waals surface area contributed by atoms with Gasteiger partial charge in [-0.25, -0.2) is 4.79 Å². The lowest BCUT2D eigenvalue weighted by Crippen LogP contribution is -2.24. The number of carbonyl (C=O) groups is 1. The lowest BCUT2D eigenvalue weighted by molar-refractivity contribution is -0.121. The number of rotatable bonds is 3. The second kappa shape index (κ2) is 6.07. The third-order valence-corrected chi connectivity index (χ3v) is 3.68. The summed E-state index contributed by atoms with van der Waals surface area (Å²) in [5, 5.41) is 9.93. The maximum atomic E-state index is 12.0. The smallest absolute Gasteiger partial charge is 0.354 e. The molecule has 0 aliphatic carbocycles. The van der Waals surface area contributed by atoms with Crippen LogP contribution in [0.2, 0.25) is 0 Å². The summed E-state index contributed by atoms with van der Waals surface area (Å²) < 4.78 is 15.7. The predicted molar refractivity (Wildman–Crippen MR) is 81.3 cm³/mol. The molecule has 1 aromatic carbocycles. The molecule has 1 aromatic heterocycles. The maximum Gasteiger partial charge on any atom is 0.354 e. The van der Waals surface area contributed by atoms with Crippen LogP contribution in [0.25, 0.3) is 11.0 Å². The normalized spacial score (nSPS) is 17.2. The van der Waals surface area contributed by atoms with Gasteiger partial charge in [-0.2, -0.15) is 5.26 Å². The van der Waals surface area contributed by atoms with E-state index in [0.717, 1.165) is 0 Å². The van der Waals surface area contributed by atoms with Gasteiger partial charge in [-0.15, -0.1) is 0 Å². The van der Waals surface area contributed by atoms with E-state index < -0.39 is 5.63 Å². The summed E-state index contributed by atoms with van der Waals surface area (Å²) in [7, 11) is 1.52. The third-order valence-electron chi connectivity index (χ3n) is 3.68. The van der Waals surface area contributed by atoms with Crippen molar-refractivity contribution in [2.75, 3.05) is 13.7 Å². The summed E-state index contributed by atoms with van der Waals surface area (Å²) >= 11 is 0. The minimum atomic E-state index is -0.695. The van der Waals surface area contributed by atoms with Gasteiger partial charge >= 0.3 is 5.63 Å². The van der Waals surface area contributed by atoms with Crippen molar-refractivity contribution in [1.29, 1.82) is 5.26 Å². The van der Waals surface area contributed by atoms with Crippen LogP contribution in [-0.4, -0.2) is 25.6 Å². The van der Waals surface area contributed by atoms with Crippen molar-refractivity contribution in [3.8, 4) is 11.8 Å². The van der Waals surface area contributed by atoms with E-state index in [4.69, 9.17) is 13.9 Å². The number of hydrogen-bond acceptors (Lipinski definition) is 6. The molecule has 2 aromatic rings. The van der Waals surface area contributed by atoms with Crippen LogP contribution in [0.4, 0.5) is 0 Å². The molecule has 6 nitrogen and oxygen atoms in total. The number of benzene rings is 1. The van der Waals surface area contributed by atoms with E-state index in [1.807, 2.05) is 6.07 Å². The Morgan fingerprint density at radius 2 is 2.22 bits per heavy atom. The molecule has 0 N–H and O–H groups in total. The lowest BCUT2D eigenvalue weighted by Gasteiger charge is -2.18. The summed E-state index contributed by atoms with van der Waals surface area (Å²) in [6.45, 7) is -0.00372. The van der Waals surface area contributed by atoms with Gasteiger partial charge in [0.15, 0.2) is 5.78 Å². The Labute approximate surface area is 131 Å². The Hall–Kier alpha value is -2.91. The molecule has 3 rings (SSSR count). The molecule has 1 aliphatic heterocycles. The van der Waals surface area contributed by atoms with Gasteiger partial charge in [0, 0.05) is 17.9 Å². The molecule has 0 saturated carbocycles. The van der Waals surface area contributed by atoms with Gasteiger partial charge in [0.05, 0.1) is 13.2 Å². The van der Waals surface area contributed by atoms with Crippen molar-refractivity contribution in [2.24, 2.45) is 0 Å². The van der Waals surface area contributed by atoms with E-state index >= 15 is 0 Å². The summed E-state index contributed by atoms with van der Waals surface area (Å²) in [5.74, 6) is 0.444. The summed E-state index contributed by atoms with van der Waals surface area (Å²) in [6, 6.07) is 6.97. The number of ketones is 1. The second-order valence-corrected chi connectivity index (χ2v) is 5.10. The van der Waals surface area contributed by atoms with E-state index in [1.165, 1.54) is 13.2 Å². The fourth-order valence-corrected chi connectivity index (χ4v) is 2.53. The summed E-state index contributed by atoms with van der Waals surface area (Å²) in [5.41, 5.74) is 0.153. The van der Waals surface area contributed by atoms with Gasteiger partial charge < -0.3 is 13.9 Å². The third kappa shape index (κ3) is 2.87. The molecule has 0 fully saturated rings. The molecule has 1 atom stereocenters. The fraction of sp³-hybridized carbons (Fsp3) is 0.235. The molecule has 116 valence electrons. The van der Waals surface area contributed by atoms with Gasteiger partial charge in [0.25, 0.3) is 0 Å². The second-order valence-electron chi connectivity index (χ2n) is 5.10. The molecule has 0 spiro atoms. The Morgan fingerprint density at radius 1 is 1.39 bits per heavy atom.